The number of hydrogen-bond acceptors (Lipinski definition) is 3. The van der Waals surface area contributed by atoms with Crippen LogP contribution in [0.15, 0.2) is 29.2 Å². The molecule has 0 aliphatic carbocycles. The molecular formula is C17H29ClN2O2S. The molecule has 1 fully saturated rings. The predicted molar refractivity (Wildman–Crippen MR) is 97.6 cm³/mol. The Hall–Kier alpha value is -0.620. The lowest BCUT2D eigenvalue weighted by atomic mass is 9.98. The van der Waals surface area contributed by atoms with Crippen molar-refractivity contribution in [2.24, 2.45) is 11.8 Å². The zero-order chi connectivity index (χ0) is 16.2. The molecule has 0 radical (unpaired) electrons. The molecule has 23 heavy (non-hydrogen) atoms. The number of nitrogens with zero attached hydrogens (tertiary/aromatic N) is 1. The molecule has 0 bridgehead atoms. The summed E-state index contributed by atoms with van der Waals surface area (Å²) in [6, 6.07) is 7.40. The monoisotopic (exact) mass is 360 g/mol. The van der Waals surface area contributed by atoms with Gasteiger partial charge < -0.3 is 5.32 Å². The van der Waals surface area contributed by atoms with Gasteiger partial charge in [-0.1, -0.05) is 26.0 Å². The van der Waals surface area contributed by atoms with Crippen molar-refractivity contribution < 1.29 is 8.42 Å². The normalized spacial score (nSPS) is 17.2. The highest BCUT2D eigenvalue weighted by molar-refractivity contribution is 7.89. The summed E-state index contributed by atoms with van der Waals surface area (Å²) in [5.41, 5.74) is 1.20. The highest BCUT2D eigenvalue weighted by Crippen LogP contribution is 2.24. The van der Waals surface area contributed by atoms with Gasteiger partial charge in [0.1, 0.15) is 0 Å². The standard InChI is InChI=1S/C17H28N2O2S.ClH/c1-14(2)12-15-4-6-17(7-5-15)22(20,21)19-10-8-16(9-11-19)13-18-3;/h4-7,14,16,18H,8-13H2,1-3H3;1H. The lowest BCUT2D eigenvalue weighted by Gasteiger charge is -2.31. The van der Waals surface area contributed by atoms with Crippen molar-refractivity contribution in [1.82, 2.24) is 9.62 Å². The van der Waals surface area contributed by atoms with Gasteiger partial charge in [0.2, 0.25) is 10.0 Å². The average Bonchev–Trinajstić information content (AvgIpc) is 2.48. The largest absolute Gasteiger partial charge is 0.319 e. The van der Waals surface area contributed by atoms with Gasteiger partial charge in [-0.05, 0) is 62.4 Å². The number of piperidine rings is 1. The van der Waals surface area contributed by atoms with E-state index in [1.807, 2.05) is 19.2 Å². The van der Waals surface area contributed by atoms with Gasteiger partial charge in [0.15, 0.2) is 0 Å². The quantitative estimate of drug-likeness (QED) is 0.848. The first-order valence-electron chi connectivity index (χ1n) is 8.17. The number of benzene rings is 1. The molecule has 1 aliphatic rings. The Morgan fingerprint density at radius 3 is 2.22 bits per heavy atom. The van der Waals surface area contributed by atoms with Gasteiger partial charge >= 0.3 is 0 Å². The minimum Gasteiger partial charge on any atom is -0.319 e. The molecule has 1 aliphatic heterocycles. The van der Waals surface area contributed by atoms with Gasteiger partial charge in [-0.2, -0.15) is 4.31 Å². The maximum absolute atomic E-state index is 12.7. The molecule has 0 unspecified atom stereocenters. The number of hydrogen-bond donors (Lipinski definition) is 1. The lowest BCUT2D eigenvalue weighted by molar-refractivity contribution is 0.270. The zero-order valence-electron chi connectivity index (χ0n) is 14.3. The Morgan fingerprint density at radius 2 is 1.74 bits per heavy atom. The lowest BCUT2D eigenvalue weighted by Crippen LogP contribution is -2.40. The van der Waals surface area contributed by atoms with Crippen molar-refractivity contribution in [2.45, 2.75) is 38.0 Å². The summed E-state index contributed by atoms with van der Waals surface area (Å²) in [5, 5.41) is 3.18. The average molecular weight is 361 g/mol. The fraction of sp³-hybridized carbons (Fsp3) is 0.647. The van der Waals surface area contributed by atoms with E-state index in [0.29, 0.717) is 29.8 Å². The molecule has 6 heteroatoms. The number of sulfonamides is 1. The van der Waals surface area contributed by atoms with Crippen molar-refractivity contribution in [2.75, 3.05) is 26.7 Å². The molecule has 0 aromatic heterocycles. The summed E-state index contributed by atoms with van der Waals surface area (Å²) in [5.74, 6) is 1.17. The molecule has 1 aromatic rings. The maximum Gasteiger partial charge on any atom is 0.243 e. The van der Waals surface area contributed by atoms with Crippen LogP contribution < -0.4 is 5.32 Å². The molecule has 0 amide bonds. The maximum atomic E-state index is 12.7. The van der Waals surface area contributed by atoms with Gasteiger partial charge in [-0.25, -0.2) is 8.42 Å². The predicted octanol–water partition coefficient (Wildman–Crippen LogP) is 2.93. The zero-order valence-corrected chi connectivity index (χ0v) is 15.9. The summed E-state index contributed by atoms with van der Waals surface area (Å²) < 4.78 is 27.0. The van der Waals surface area contributed by atoms with Crippen LogP contribution in [0.3, 0.4) is 0 Å². The molecule has 1 N–H and O–H groups in total. The number of halogens is 1. The molecule has 0 spiro atoms. The first kappa shape index (κ1) is 20.4. The van der Waals surface area contributed by atoms with E-state index in [4.69, 9.17) is 0 Å². The van der Waals surface area contributed by atoms with E-state index >= 15 is 0 Å². The van der Waals surface area contributed by atoms with Crippen molar-refractivity contribution in [1.29, 1.82) is 0 Å². The first-order valence-corrected chi connectivity index (χ1v) is 9.61. The second kappa shape index (κ2) is 9.02. The van der Waals surface area contributed by atoms with Crippen LogP contribution in [0.2, 0.25) is 0 Å². The van der Waals surface area contributed by atoms with Crippen LogP contribution in [-0.2, 0) is 16.4 Å². The highest BCUT2D eigenvalue weighted by Gasteiger charge is 2.28. The fourth-order valence-corrected chi connectivity index (χ4v) is 4.53. The van der Waals surface area contributed by atoms with Crippen molar-refractivity contribution in [3.63, 3.8) is 0 Å². The van der Waals surface area contributed by atoms with E-state index in [2.05, 4.69) is 19.2 Å². The minimum absolute atomic E-state index is 0. The van der Waals surface area contributed by atoms with Crippen LogP contribution in [0, 0.1) is 11.8 Å². The molecule has 132 valence electrons. The van der Waals surface area contributed by atoms with Crippen LogP contribution in [0.5, 0.6) is 0 Å². The summed E-state index contributed by atoms with van der Waals surface area (Å²) in [4.78, 5) is 0.423. The Morgan fingerprint density at radius 1 is 1.17 bits per heavy atom. The Labute approximate surface area is 147 Å². The molecular weight excluding hydrogens is 332 g/mol. The van der Waals surface area contributed by atoms with Crippen molar-refractivity contribution in [3.8, 4) is 0 Å². The van der Waals surface area contributed by atoms with Crippen molar-refractivity contribution in [3.05, 3.63) is 29.8 Å². The van der Waals surface area contributed by atoms with E-state index in [9.17, 15) is 8.42 Å². The molecule has 4 nitrogen and oxygen atoms in total. The summed E-state index contributed by atoms with van der Waals surface area (Å²) in [7, 11) is -1.39. The van der Waals surface area contributed by atoms with Crippen molar-refractivity contribution >= 4 is 22.4 Å². The van der Waals surface area contributed by atoms with E-state index in [1.165, 1.54) is 5.56 Å². The Bertz CT molecular complexity index is 565. The van der Waals surface area contributed by atoms with Crippen LogP contribution >= 0.6 is 12.4 Å². The van der Waals surface area contributed by atoms with Crippen LogP contribution in [-0.4, -0.2) is 39.4 Å². The van der Waals surface area contributed by atoms with Gasteiger partial charge in [0, 0.05) is 13.1 Å². The molecule has 0 saturated carbocycles. The minimum atomic E-state index is -3.33. The Kier molecular flexibility index (Phi) is 8.01. The molecule has 2 rings (SSSR count). The molecule has 1 aromatic carbocycles. The SMILES string of the molecule is CNCC1CCN(S(=O)(=O)c2ccc(CC(C)C)cc2)CC1.Cl. The summed E-state index contributed by atoms with van der Waals surface area (Å²) in [6.07, 6.45) is 2.85. The fourth-order valence-electron chi connectivity index (χ4n) is 3.06. The van der Waals surface area contributed by atoms with Gasteiger partial charge in [-0.3, -0.25) is 0 Å². The first-order chi connectivity index (χ1) is 10.4. The number of rotatable bonds is 6. The Balaban J connectivity index is 0.00000264. The van der Waals surface area contributed by atoms with Gasteiger partial charge in [-0.15, -0.1) is 12.4 Å². The topological polar surface area (TPSA) is 49.4 Å². The van der Waals surface area contributed by atoms with Crippen LogP contribution in [0.4, 0.5) is 0 Å². The smallest absolute Gasteiger partial charge is 0.243 e. The van der Waals surface area contributed by atoms with E-state index in [1.54, 1.807) is 16.4 Å². The summed E-state index contributed by atoms with van der Waals surface area (Å²) in [6.45, 7) is 6.56. The third-order valence-electron chi connectivity index (χ3n) is 4.27. The van der Waals surface area contributed by atoms with E-state index in [-0.39, 0.29) is 12.4 Å². The van der Waals surface area contributed by atoms with E-state index in [0.717, 1.165) is 25.8 Å². The van der Waals surface area contributed by atoms with Gasteiger partial charge in [0.25, 0.3) is 0 Å². The summed E-state index contributed by atoms with van der Waals surface area (Å²) >= 11 is 0. The molecule has 1 heterocycles. The molecule has 0 atom stereocenters. The van der Waals surface area contributed by atoms with Crippen LogP contribution in [0.1, 0.15) is 32.3 Å². The number of nitrogens with one attached hydrogen (secondary N) is 1. The van der Waals surface area contributed by atoms with Gasteiger partial charge in [0.05, 0.1) is 4.90 Å². The van der Waals surface area contributed by atoms with Crippen LogP contribution in [0.25, 0.3) is 0 Å². The molecule has 1 saturated heterocycles. The highest BCUT2D eigenvalue weighted by atomic mass is 35.5. The van der Waals surface area contributed by atoms with E-state index < -0.39 is 10.0 Å². The third-order valence-corrected chi connectivity index (χ3v) is 6.18. The second-order valence-corrected chi connectivity index (χ2v) is 8.58. The second-order valence-electron chi connectivity index (χ2n) is 6.65. The third kappa shape index (κ3) is 5.45.